The fraction of sp³-hybridized carbons (Fsp3) is 0.929. The molecule has 17 heavy (non-hydrogen) atoms. The largest absolute Gasteiger partial charge is 0.550 e. The van der Waals surface area contributed by atoms with Crippen LogP contribution in [0.2, 0.25) is 0 Å². The summed E-state index contributed by atoms with van der Waals surface area (Å²) < 4.78 is 1.18. The maximum atomic E-state index is 9.65. The van der Waals surface area contributed by atoms with Gasteiger partial charge in [-0.1, -0.05) is 26.7 Å². The second kappa shape index (κ2) is 11.9. The van der Waals surface area contributed by atoms with Gasteiger partial charge in [0.05, 0.1) is 27.2 Å². The van der Waals surface area contributed by atoms with Crippen LogP contribution in [-0.4, -0.2) is 37.6 Å². The number of nitrogens with zero attached hydrogens (tertiary/aromatic N) is 1. The lowest BCUT2D eigenvalue weighted by atomic mass is 10.2. The van der Waals surface area contributed by atoms with E-state index in [1.807, 2.05) is 6.92 Å². The normalized spacial score (nSPS) is 10.6. The zero-order valence-electron chi connectivity index (χ0n) is 12.4. The molecule has 0 unspecified atom stereocenters. The number of carboxylic acid groups (broad SMARTS) is 1. The molecule has 0 aliphatic heterocycles. The zero-order chi connectivity index (χ0) is 13.7. The van der Waals surface area contributed by atoms with Crippen LogP contribution in [-0.2, 0) is 4.79 Å². The third kappa shape index (κ3) is 18.0. The number of hydrogen-bond acceptors (Lipinski definition) is 2. The molecule has 0 aromatic heterocycles. The second-order valence-corrected chi connectivity index (χ2v) is 5.16. The Kier molecular flexibility index (Phi) is 13.2. The standard InChI is InChI=1S/C9H22N.C5H10O2/c1-5-7-8-9-10(3,4)6-2;1-2-3-4-5(6)7/h5-9H2,1-4H3;2-4H2,1H3,(H,6,7)/q+1;/p-1. The molecule has 0 saturated heterocycles. The Hall–Kier alpha value is -0.570. The number of carbonyl (C=O) groups excluding carboxylic acids is 1. The van der Waals surface area contributed by atoms with E-state index in [1.54, 1.807) is 0 Å². The molecule has 104 valence electrons. The molecule has 0 radical (unpaired) electrons. The first-order chi connectivity index (χ1) is 7.89. The summed E-state index contributed by atoms with van der Waals surface area (Å²) in [5, 5.41) is 9.65. The molecule has 0 aromatic rings. The number of unbranched alkanes of at least 4 members (excludes halogenated alkanes) is 3. The first-order valence-corrected chi connectivity index (χ1v) is 6.91. The highest BCUT2D eigenvalue weighted by molar-refractivity contribution is 5.63. The molecule has 0 aliphatic carbocycles. The third-order valence-corrected chi connectivity index (χ3v) is 2.96. The van der Waals surface area contributed by atoms with Crippen LogP contribution < -0.4 is 5.11 Å². The summed E-state index contributed by atoms with van der Waals surface area (Å²) in [6.07, 6.45) is 5.98. The highest BCUT2D eigenvalue weighted by atomic mass is 16.4. The van der Waals surface area contributed by atoms with Crippen LogP contribution in [0, 0.1) is 0 Å². The van der Waals surface area contributed by atoms with Crippen molar-refractivity contribution in [3.63, 3.8) is 0 Å². The van der Waals surface area contributed by atoms with E-state index in [0.29, 0.717) is 0 Å². The first kappa shape index (κ1) is 18.8. The minimum atomic E-state index is -0.943. The van der Waals surface area contributed by atoms with Crippen LogP contribution in [0.15, 0.2) is 0 Å². The van der Waals surface area contributed by atoms with E-state index in [2.05, 4.69) is 27.9 Å². The SMILES string of the molecule is CCCCC(=O)[O-].CCCCC[N+](C)(C)CC. The number of hydrogen-bond donors (Lipinski definition) is 0. The van der Waals surface area contributed by atoms with Crippen LogP contribution >= 0.6 is 0 Å². The average molecular weight is 245 g/mol. The molecule has 0 N–H and O–H groups in total. The number of carbonyl (C=O) groups is 1. The van der Waals surface area contributed by atoms with Crippen LogP contribution in [0.5, 0.6) is 0 Å². The summed E-state index contributed by atoms with van der Waals surface area (Å²) >= 11 is 0. The van der Waals surface area contributed by atoms with E-state index in [9.17, 15) is 9.90 Å². The Labute approximate surface area is 107 Å². The van der Waals surface area contributed by atoms with Gasteiger partial charge in [-0.2, -0.15) is 0 Å². The zero-order valence-corrected chi connectivity index (χ0v) is 12.4. The van der Waals surface area contributed by atoms with E-state index >= 15 is 0 Å². The second-order valence-electron chi connectivity index (χ2n) is 5.16. The summed E-state index contributed by atoms with van der Waals surface area (Å²) in [5.41, 5.74) is 0. The first-order valence-electron chi connectivity index (χ1n) is 6.91. The quantitative estimate of drug-likeness (QED) is 0.486. The van der Waals surface area contributed by atoms with Crippen molar-refractivity contribution in [1.82, 2.24) is 0 Å². The molecule has 0 heterocycles. The lowest BCUT2D eigenvalue weighted by Crippen LogP contribution is -2.39. The van der Waals surface area contributed by atoms with Gasteiger partial charge in [0.2, 0.25) is 0 Å². The molecular weight excluding hydrogens is 214 g/mol. The molecule has 0 fully saturated rings. The molecule has 0 spiro atoms. The van der Waals surface area contributed by atoms with Crippen molar-refractivity contribution in [2.24, 2.45) is 0 Å². The van der Waals surface area contributed by atoms with Crippen molar-refractivity contribution in [2.45, 2.75) is 59.3 Å². The fourth-order valence-corrected chi connectivity index (χ4v) is 1.27. The third-order valence-electron chi connectivity index (χ3n) is 2.96. The van der Waals surface area contributed by atoms with Crippen LogP contribution in [0.4, 0.5) is 0 Å². The summed E-state index contributed by atoms with van der Waals surface area (Å²) in [6, 6.07) is 0. The van der Waals surface area contributed by atoms with Crippen LogP contribution in [0.1, 0.15) is 59.3 Å². The summed E-state index contributed by atoms with van der Waals surface area (Å²) in [4.78, 5) is 9.65. The predicted octanol–water partition coefficient (Wildman–Crippen LogP) is 2.20. The summed E-state index contributed by atoms with van der Waals surface area (Å²) in [6.45, 7) is 9.05. The molecule has 3 heteroatoms. The van der Waals surface area contributed by atoms with Crippen molar-refractivity contribution in [2.75, 3.05) is 27.2 Å². The highest BCUT2D eigenvalue weighted by Gasteiger charge is 2.09. The van der Waals surface area contributed by atoms with Gasteiger partial charge in [0.15, 0.2) is 0 Å². The van der Waals surface area contributed by atoms with Gasteiger partial charge in [0.1, 0.15) is 0 Å². The van der Waals surface area contributed by atoms with Gasteiger partial charge in [0.25, 0.3) is 0 Å². The monoisotopic (exact) mass is 245 g/mol. The molecular formula is C14H31NO2. The maximum Gasteiger partial charge on any atom is 0.0782 e. The molecule has 0 aromatic carbocycles. The van der Waals surface area contributed by atoms with Crippen molar-refractivity contribution in [1.29, 1.82) is 0 Å². The van der Waals surface area contributed by atoms with Crippen LogP contribution in [0.25, 0.3) is 0 Å². The van der Waals surface area contributed by atoms with E-state index in [0.717, 1.165) is 12.8 Å². The van der Waals surface area contributed by atoms with Crippen molar-refractivity contribution in [3.8, 4) is 0 Å². The van der Waals surface area contributed by atoms with E-state index < -0.39 is 5.97 Å². The van der Waals surface area contributed by atoms with Crippen LogP contribution in [0.3, 0.4) is 0 Å². The molecule has 3 nitrogen and oxygen atoms in total. The van der Waals surface area contributed by atoms with Crippen molar-refractivity contribution < 1.29 is 14.4 Å². The van der Waals surface area contributed by atoms with Gasteiger partial charge < -0.3 is 14.4 Å². The predicted molar refractivity (Wildman–Crippen MR) is 71.6 cm³/mol. The van der Waals surface area contributed by atoms with Gasteiger partial charge >= 0.3 is 0 Å². The Morgan fingerprint density at radius 1 is 1.00 bits per heavy atom. The molecule has 0 atom stereocenters. The lowest BCUT2D eigenvalue weighted by Gasteiger charge is -2.27. The Balaban J connectivity index is 0. The van der Waals surface area contributed by atoms with Gasteiger partial charge in [-0.25, -0.2) is 0 Å². The fourth-order valence-electron chi connectivity index (χ4n) is 1.27. The van der Waals surface area contributed by atoms with E-state index in [-0.39, 0.29) is 6.42 Å². The Morgan fingerprint density at radius 2 is 1.53 bits per heavy atom. The number of rotatable bonds is 8. The van der Waals surface area contributed by atoms with E-state index in [4.69, 9.17) is 0 Å². The summed E-state index contributed by atoms with van der Waals surface area (Å²) in [5.74, 6) is -0.943. The molecule has 0 saturated carbocycles. The topological polar surface area (TPSA) is 40.1 Å². The Bertz CT molecular complexity index is 179. The molecule has 0 amide bonds. The maximum absolute atomic E-state index is 9.65. The molecule has 0 aliphatic rings. The van der Waals surface area contributed by atoms with Crippen molar-refractivity contribution >= 4 is 5.97 Å². The van der Waals surface area contributed by atoms with Gasteiger partial charge in [-0.05, 0) is 32.6 Å². The van der Waals surface area contributed by atoms with E-state index in [1.165, 1.54) is 36.8 Å². The minimum absolute atomic E-state index is 0.205. The number of quaternary nitrogens is 1. The number of aliphatic carboxylic acids is 1. The lowest BCUT2D eigenvalue weighted by molar-refractivity contribution is -0.888. The summed E-state index contributed by atoms with van der Waals surface area (Å²) in [7, 11) is 4.60. The van der Waals surface area contributed by atoms with Gasteiger partial charge in [0, 0.05) is 5.97 Å². The number of carboxylic acids is 1. The smallest absolute Gasteiger partial charge is 0.0782 e. The molecule has 0 rings (SSSR count). The van der Waals surface area contributed by atoms with Gasteiger partial charge in [-0.3, -0.25) is 0 Å². The molecule has 0 bridgehead atoms. The highest BCUT2D eigenvalue weighted by Crippen LogP contribution is 2.02. The Morgan fingerprint density at radius 3 is 1.82 bits per heavy atom. The van der Waals surface area contributed by atoms with Crippen molar-refractivity contribution in [3.05, 3.63) is 0 Å². The average Bonchev–Trinajstić information content (AvgIpc) is 2.27. The minimum Gasteiger partial charge on any atom is -0.550 e. The van der Waals surface area contributed by atoms with Gasteiger partial charge in [-0.15, -0.1) is 0 Å².